The summed E-state index contributed by atoms with van der Waals surface area (Å²) in [6, 6.07) is 7.12. The molecule has 3 heteroatoms. The summed E-state index contributed by atoms with van der Waals surface area (Å²) in [6.07, 6.45) is 3.37. The minimum atomic E-state index is 0.190. The molecule has 0 atom stereocenters. The number of nitrogens with one attached hydrogen (secondary N) is 1. The van der Waals surface area contributed by atoms with Gasteiger partial charge < -0.3 is 10.2 Å². The fraction of sp³-hybridized carbons (Fsp3) is 0.562. The second-order valence-electron chi connectivity index (χ2n) is 5.64. The number of amides is 1. The Morgan fingerprint density at radius 3 is 2.68 bits per heavy atom. The predicted molar refractivity (Wildman–Crippen MR) is 78.3 cm³/mol. The Morgan fingerprint density at radius 1 is 1.32 bits per heavy atom. The Bertz CT molecular complexity index is 452. The molecule has 104 valence electrons. The second kappa shape index (κ2) is 6.20. The number of hydrogen-bond acceptors (Lipinski definition) is 2. The molecule has 1 fully saturated rings. The molecule has 1 N–H and O–H groups in total. The Morgan fingerprint density at radius 2 is 2.05 bits per heavy atom. The maximum absolute atomic E-state index is 11.9. The first kappa shape index (κ1) is 14.1. The molecule has 2 rings (SSSR count). The summed E-state index contributed by atoms with van der Waals surface area (Å²) in [5.74, 6) is 0.190. The van der Waals surface area contributed by atoms with Gasteiger partial charge in [0.1, 0.15) is 0 Å². The van der Waals surface area contributed by atoms with Gasteiger partial charge in [-0.3, -0.25) is 4.79 Å². The van der Waals surface area contributed by atoms with Crippen molar-refractivity contribution in [3.63, 3.8) is 0 Å². The van der Waals surface area contributed by atoms with Crippen molar-refractivity contribution in [1.82, 2.24) is 10.2 Å². The van der Waals surface area contributed by atoms with E-state index in [-0.39, 0.29) is 5.91 Å². The maximum atomic E-state index is 11.9. The first-order chi connectivity index (χ1) is 9.06. The number of carbonyl (C=O) groups is 1. The molecule has 0 heterocycles. The molecule has 19 heavy (non-hydrogen) atoms. The van der Waals surface area contributed by atoms with Crippen molar-refractivity contribution in [1.29, 1.82) is 0 Å². The van der Waals surface area contributed by atoms with Crippen LogP contribution in [0.25, 0.3) is 0 Å². The van der Waals surface area contributed by atoms with Crippen LogP contribution >= 0.6 is 0 Å². The van der Waals surface area contributed by atoms with Gasteiger partial charge >= 0.3 is 0 Å². The fourth-order valence-corrected chi connectivity index (χ4v) is 2.03. The Kier molecular flexibility index (Phi) is 4.59. The van der Waals surface area contributed by atoms with Crippen molar-refractivity contribution in [2.45, 2.75) is 39.2 Å². The van der Waals surface area contributed by atoms with Gasteiger partial charge in [-0.25, -0.2) is 0 Å². The monoisotopic (exact) mass is 260 g/mol. The number of benzene rings is 1. The summed E-state index contributed by atoms with van der Waals surface area (Å²) < 4.78 is 0. The zero-order chi connectivity index (χ0) is 13.8. The van der Waals surface area contributed by atoms with Gasteiger partial charge in [-0.2, -0.15) is 0 Å². The molecule has 0 aromatic heterocycles. The average molecular weight is 260 g/mol. The van der Waals surface area contributed by atoms with E-state index >= 15 is 0 Å². The third-order valence-corrected chi connectivity index (χ3v) is 3.85. The number of carbonyl (C=O) groups excluding carboxylic acids is 1. The molecule has 0 unspecified atom stereocenters. The summed E-state index contributed by atoms with van der Waals surface area (Å²) in [5, 5.41) is 3.26. The van der Waals surface area contributed by atoms with E-state index in [1.54, 1.807) is 0 Å². The van der Waals surface area contributed by atoms with Gasteiger partial charge in [0, 0.05) is 19.6 Å². The van der Waals surface area contributed by atoms with Crippen molar-refractivity contribution in [3.05, 3.63) is 34.9 Å². The van der Waals surface area contributed by atoms with Crippen LogP contribution in [0.3, 0.4) is 0 Å². The molecular formula is C16H24N2O. The smallest absolute Gasteiger partial charge is 0.236 e. The highest BCUT2D eigenvalue weighted by atomic mass is 16.2. The van der Waals surface area contributed by atoms with Gasteiger partial charge in [0.2, 0.25) is 5.91 Å². The molecular weight excluding hydrogens is 236 g/mol. The van der Waals surface area contributed by atoms with Gasteiger partial charge in [0.25, 0.3) is 0 Å². The molecule has 0 aliphatic heterocycles. The first-order valence-electron chi connectivity index (χ1n) is 7.10. The Hall–Kier alpha value is -1.35. The largest absolute Gasteiger partial charge is 0.344 e. The van der Waals surface area contributed by atoms with E-state index in [9.17, 15) is 4.79 Å². The summed E-state index contributed by atoms with van der Waals surface area (Å²) >= 11 is 0. The molecule has 1 aromatic rings. The molecule has 0 saturated heterocycles. The van der Waals surface area contributed by atoms with E-state index < -0.39 is 0 Å². The summed E-state index contributed by atoms with van der Waals surface area (Å²) in [7, 11) is 1.89. The number of aryl methyl sites for hydroxylation is 2. The van der Waals surface area contributed by atoms with Gasteiger partial charge in [-0.15, -0.1) is 0 Å². The van der Waals surface area contributed by atoms with Crippen LogP contribution < -0.4 is 5.32 Å². The van der Waals surface area contributed by atoms with Gasteiger partial charge in [-0.1, -0.05) is 18.2 Å². The second-order valence-corrected chi connectivity index (χ2v) is 5.64. The highest BCUT2D eigenvalue weighted by molar-refractivity contribution is 5.78. The van der Waals surface area contributed by atoms with Crippen molar-refractivity contribution in [2.75, 3.05) is 20.1 Å². The zero-order valence-electron chi connectivity index (χ0n) is 12.2. The molecule has 0 radical (unpaired) electrons. The number of rotatable bonds is 6. The molecule has 1 aromatic carbocycles. The predicted octanol–water partition coefficient (Wildman–Crippen LogP) is 2.06. The van der Waals surface area contributed by atoms with Crippen molar-refractivity contribution < 1.29 is 4.79 Å². The maximum Gasteiger partial charge on any atom is 0.236 e. The van der Waals surface area contributed by atoms with Crippen molar-refractivity contribution in [3.8, 4) is 0 Å². The van der Waals surface area contributed by atoms with E-state index in [0.29, 0.717) is 12.6 Å². The topological polar surface area (TPSA) is 32.3 Å². The summed E-state index contributed by atoms with van der Waals surface area (Å²) in [6.45, 7) is 5.52. The minimum Gasteiger partial charge on any atom is -0.344 e. The van der Waals surface area contributed by atoms with Gasteiger partial charge in [0.05, 0.1) is 6.54 Å². The van der Waals surface area contributed by atoms with Crippen LogP contribution in [0.1, 0.15) is 29.5 Å². The minimum absolute atomic E-state index is 0.190. The van der Waals surface area contributed by atoms with Gasteiger partial charge in [-0.05, 0) is 49.8 Å². The third-order valence-electron chi connectivity index (χ3n) is 3.85. The number of nitrogens with zero attached hydrogens (tertiary/aromatic N) is 1. The molecule has 0 bridgehead atoms. The van der Waals surface area contributed by atoms with Crippen molar-refractivity contribution in [2.24, 2.45) is 0 Å². The summed E-state index contributed by atoms with van der Waals surface area (Å²) in [4.78, 5) is 13.7. The molecule has 1 aliphatic rings. The van der Waals surface area contributed by atoms with E-state index in [1.807, 2.05) is 11.9 Å². The lowest BCUT2D eigenvalue weighted by atomic mass is 10.0. The van der Waals surface area contributed by atoms with E-state index in [4.69, 9.17) is 0 Å². The quantitative estimate of drug-likeness (QED) is 0.849. The lowest BCUT2D eigenvalue weighted by Crippen LogP contribution is -2.37. The molecule has 0 spiro atoms. The van der Waals surface area contributed by atoms with Crippen LogP contribution in [0.4, 0.5) is 0 Å². The van der Waals surface area contributed by atoms with Gasteiger partial charge in [0.15, 0.2) is 0 Å². The van der Waals surface area contributed by atoms with Crippen LogP contribution in [0.15, 0.2) is 18.2 Å². The Balaban J connectivity index is 1.76. The highest BCUT2D eigenvalue weighted by Gasteiger charge is 2.21. The number of likely N-dealkylation sites (N-methyl/N-ethyl adjacent to an activating group) is 1. The molecule has 1 aliphatic carbocycles. The number of hydrogen-bond donors (Lipinski definition) is 1. The normalized spacial score (nSPS) is 14.5. The zero-order valence-corrected chi connectivity index (χ0v) is 12.2. The SMILES string of the molecule is Cc1ccc(CCN(C)C(=O)CNC2CC2)cc1C. The average Bonchev–Trinajstić information content (AvgIpc) is 3.21. The summed E-state index contributed by atoms with van der Waals surface area (Å²) in [5.41, 5.74) is 3.95. The third kappa shape index (κ3) is 4.35. The molecule has 3 nitrogen and oxygen atoms in total. The molecule has 1 amide bonds. The highest BCUT2D eigenvalue weighted by Crippen LogP contribution is 2.18. The van der Waals surface area contributed by atoms with Crippen LogP contribution in [-0.2, 0) is 11.2 Å². The van der Waals surface area contributed by atoms with E-state index in [1.165, 1.54) is 29.5 Å². The Labute approximate surface area is 116 Å². The first-order valence-corrected chi connectivity index (χ1v) is 7.10. The van der Waals surface area contributed by atoms with E-state index in [2.05, 4.69) is 37.4 Å². The van der Waals surface area contributed by atoms with E-state index in [0.717, 1.165) is 13.0 Å². The standard InChI is InChI=1S/C16H24N2O/c1-12-4-5-14(10-13(12)2)8-9-18(3)16(19)11-17-15-6-7-15/h4-5,10,15,17H,6-9,11H2,1-3H3. The lowest BCUT2D eigenvalue weighted by molar-refractivity contribution is -0.128. The molecule has 1 saturated carbocycles. The van der Waals surface area contributed by atoms with Crippen LogP contribution in [0.2, 0.25) is 0 Å². The van der Waals surface area contributed by atoms with Crippen LogP contribution in [0, 0.1) is 13.8 Å². The lowest BCUT2D eigenvalue weighted by Gasteiger charge is -2.17. The fourth-order valence-electron chi connectivity index (χ4n) is 2.03. The van der Waals surface area contributed by atoms with Crippen LogP contribution in [0.5, 0.6) is 0 Å². The van der Waals surface area contributed by atoms with Crippen molar-refractivity contribution >= 4 is 5.91 Å². The van der Waals surface area contributed by atoms with Crippen LogP contribution in [-0.4, -0.2) is 37.0 Å².